The molecule has 0 saturated carbocycles. The number of benzene rings is 1. The van der Waals surface area contributed by atoms with Crippen molar-refractivity contribution in [2.24, 2.45) is 10.7 Å². The number of amides is 1. The first kappa shape index (κ1) is 14.7. The average molecular weight is 303 g/mol. The summed E-state index contributed by atoms with van der Waals surface area (Å²) in [6.07, 6.45) is 1.07. The minimum atomic E-state index is -0.351. The Bertz CT molecular complexity index is 644. The number of anilines is 1. The Morgan fingerprint density at radius 3 is 2.91 bits per heavy atom. The van der Waals surface area contributed by atoms with Gasteiger partial charge in [-0.1, -0.05) is 12.1 Å². The summed E-state index contributed by atoms with van der Waals surface area (Å²) in [5.74, 6) is 0. The van der Waals surface area contributed by atoms with Crippen LogP contribution in [0, 0.1) is 0 Å². The van der Waals surface area contributed by atoms with Crippen LogP contribution >= 0.6 is 0 Å². The number of aliphatic imine (C=N–C) groups is 1. The van der Waals surface area contributed by atoms with E-state index in [4.69, 9.17) is 15.2 Å². The van der Waals surface area contributed by atoms with Crippen LogP contribution in [0.25, 0.3) is 0 Å². The van der Waals surface area contributed by atoms with Gasteiger partial charge in [0.05, 0.1) is 12.8 Å². The van der Waals surface area contributed by atoms with E-state index >= 15 is 0 Å². The molecule has 0 aromatic heterocycles. The van der Waals surface area contributed by atoms with Crippen molar-refractivity contribution < 1.29 is 14.3 Å². The summed E-state index contributed by atoms with van der Waals surface area (Å²) in [6, 6.07) is 6.25. The molecule has 0 bridgehead atoms. The van der Waals surface area contributed by atoms with Crippen molar-refractivity contribution in [3.05, 3.63) is 29.3 Å². The fraction of sp³-hybridized carbons (Fsp3) is 0.500. The Morgan fingerprint density at radius 2 is 2.32 bits per heavy atom. The van der Waals surface area contributed by atoms with E-state index in [9.17, 15) is 4.79 Å². The number of carbonyl (C=O) groups excluding carboxylic acids is 1. The standard InChI is InChI=1S/C16H21N3O3/c1-4-19(15(20)21-3)13-7-5-6-11-8-16(9-12(11)13)10(2)22-14(17)18-16/h5-7,10H,4,8-9H2,1-3H3,(H2,17,18). The van der Waals surface area contributed by atoms with E-state index < -0.39 is 0 Å². The highest BCUT2D eigenvalue weighted by Crippen LogP contribution is 2.43. The Morgan fingerprint density at radius 1 is 1.55 bits per heavy atom. The molecule has 6 nitrogen and oxygen atoms in total. The first-order chi connectivity index (χ1) is 10.5. The third-order valence-corrected chi connectivity index (χ3v) is 4.62. The fourth-order valence-corrected chi connectivity index (χ4v) is 3.44. The van der Waals surface area contributed by atoms with Crippen LogP contribution in [0.4, 0.5) is 10.5 Å². The maximum absolute atomic E-state index is 12.0. The van der Waals surface area contributed by atoms with Gasteiger partial charge in [0.2, 0.25) is 0 Å². The van der Waals surface area contributed by atoms with Gasteiger partial charge in [-0.25, -0.2) is 9.79 Å². The van der Waals surface area contributed by atoms with Crippen molar-refractivity contribution in [3.8, 4) is 0 Å². The van der Waals surface area contributed by atoms with Crippen LogP contribution in [0.5, 0.6) is 0 Å². The van der Waals surface area contributed by atoms with Crippen LogP contribution in [0.2, 0.25) is 0 Å². The third-order valence-electron chi connectivity index (χ3n) is 4.62. The minimum absolute atomic E-state index is 0.0686. The molecule has 2 unspecified atom stereocenters. The highest BCUT2D eigenvalue weighted by Gasteiger charge is 2.48. The predicted molar refractivity (Wildman–Crippen MR) is 84.2 cm³/mol. The lowest BCUT2D eigenvalue weighted by Crippen LogP contribution is -2.37. The van der Waals surface area contributed by atoms with Crippen molar-refractivity contribution in [3.63, 3.8) is 0 Å². The average Bonchev–Trinajstić information content (AvgIpc) is 2.99. The number of methoxy groups -OCH3 is 1. The molecule has 1 aliphatic carbocycles. The minimum Gasteiger partial charge on any atom is -0.460 e. The Hall–Kier alpha value is -2.24. The SMILES string of the molecule is CCN(C(=O)OC)c1cccc2c1CC1(C2)N=C(N)OC1C. The summed E-state index contributed by atoms with van der Waals surface area (Å²) in [7, 11) is 1.40. The smallest absolute Gasteiger partial charge is 0.413 e. The second-order valence-corrected chi connectivity index (χ2v) is 5.80. The zero-order valence-electron chi connectivity index (χ0n) is 13.1. The largest absolute Gasteiger partial charge is 0.460 e. The van der Waals surface area contributed by atoms with E-state index in [2.05, 4.69) is 11.1 Å². The van der Waals surface area contributed by atoms with E-state index in [0.29, 0.717) is 13.0 Å². The molecule has 1 aliphatic heterocycles. The Balaban J connectivity index is 2.01. The molecule has 1 aromatic carbocycles. The molecule has 1 aromatic rings. The summed E-state index contributed by atoms with van der Waals surface area (Å²) < 4.78 is 10.4. The quantitative estimate of drug-likeness (QED) is 0.904. The van der Waals surface area contributed by atoms with Gasteiger partial charge in [-0.05, 0) is 31.0 Å². The van der Waals surface area contributed by atoms with Crippen LogP contribution in [0.1, 0.15) is 25.0 Å². The maximum Gasteiger partial charge on any atom is 0.413 e. The van der Waals surface area contributed by atoms with E-state index in [0.717, 1.165) is 17.7 Å². The van der Waals surface area contributed by atoms with Crippen molar-refractivity contribution in [2.75, 3.05) is 18.6 Å². The molecule has 0 saturated heterocycles. The molecule has 1 amide bonds. The van der Waals surface area contributed by atoms with Gasteiger partial charge in [0, 0.05) is 19.4 Å². The Kier molecular flexibility index (Phi) is 3.47. The highest BCUT2D eigenvalue weighted by atomic mass is 16.5. The Labute approximate surface area is 129 Å². The van der Waals surface area contributed by atoms with Crippen LogP contribution in [-0.2, 0) is 22.3 Å². The van der Waals surface area contributed by atoms with Gasteiger partial charge in [0.1, 0.15) is 11.6 Å². The van der Waals surface area contributed by atoms with Crippen LogP contribution in [-0.4, -0.2) is 37.4 Å². The first-order valence-electron chi connectivity index (χ1n) is 7.49. The molecular weight excluding hydrogens is 282 g/mol. The molecule has 22 heavy (non-hydrogen) atoms. The molecule has 6 heteroatoms. The van der Waals surface area contributed by atoms with Gasteiger partial charge in [-0.3, -0.25) is 4.90 Å². The normalized spacial score (nSPS) is 25.6. The van der Waals surface area contributed by atoms with Gasteiger partial charge in [-0.15, -0.1) is 0 Å². The summed E-state index contributed by atoms with van der Waals surface area (Å²) >= 11 is 0. The number of rotatable bonds is 2. The molecule has 1 spiro atoms. The molecule has 118 valence electrons. The van der Waals surface area contributed by atoms with Gasteiger partial charge in [0.15, 0.2) is 0 Å². The van der Waals surface area contributed by atoms with Crippen molar-refractivity contribution >= 4 is 17.8 Å². The lowest BCUT2D eigenvalue weighted by atomic mass is 9.91. The number of amidine groups is 1. The molecule has 2 atom stereocenters. The second kappa shape index (κ2) is 5.19. The number of nitrogens with zero attached hydrogens (tertiary/aromatic N) is 2. The first-order valence-corrected chi connectivity index (χ1v) is 7.49. The summed E-state index contributed by atoms with van der Waals surface area (Å²) in [6.45, 7) is 4.47. The molecular formula is C16H21N3O3. The molecule has 0 radical (unpaired) electrons. The second-order valence-electron chi connectivity index (χ2n) is 5.80. The number of ether oxygens (including phenoxy) is 2. The lowest BCUT2D eigenvalue weighted by Gasteiger charge is -2.24. The predicted octanol–water partition coefficient (Wildman–Crippen LogP) is 1.85. The van der Waals surface area contributed by atoms with Crippen LogP contribution in [0.15, 0.2) is 23.2 Å². The van der Waals surface area contributed by atoms with Crippen LogP contribution < -0.4 is 10.6 Å². The number of carbonyl (C=O) groups is 1. The van der Waals surface area contributed by atoms with Gasteiger partial charge in [0.25, 0.3) is 6.02 Å². The molecule has 2 N–H and O–H groups in total. The highest BCUT2D eigenvalue weighted by molar-refractivity contribution is 5.89. The van der Waals surface area contributed by atoms with Gasteiger partial charge in [-0.2, -0.15) is 0 Å². The molecule has 0 fully saturated rings. The monoisotopic (exact) mass is 303 g/mol. The molecule has 2 aliphatic rings. The van der Waals surface area contributed by atoms with Crippen molar-refractivity contribution in [2.45, 2.75) is 38.3 Å². The number of hydrogen-bond acceptors (Lipinski definition) is 5. The number of fused-ring (bicyclic) bond motifs is 1. The van der Waals surface area contributed by atoms with E-state index in [1.807, 2.05) is 26.0 Å². The fourth-order valence-electron chi connectivity index (χ4n) is 3.44. The van der Waals surface area contributed by atoms with E-state index in [1.165, 1.54) is 12.7 Å². The van der Waals surface area contributed by atoms with Crippen molar-refractivity contribution in [1.82, 2.24) is 0 Å². The van der Waals surface area contributed by atoms with Gasteiger partial charge < -0.3 is 15.2 Å². The third kappa shape index (κ3) is 2.10. The lowest BCUT2D eigenvalue weighted by molar-refractivity contribution is 0.157. The van der Waals surface area contributed by atoms with Crippen LogP contribution in [0.3, 0.4) is 0 Å². The van der Waals surface area contributed by atoms with Crippen molar-refractivity contribution in [1.29, 1.82) is 0 Å². The topological polar surface area (TPSA) is 77.2 Å². The van der Waals surface area contributed by atoms with E-state index in [1.54, 1.807) is 4.90 Å². The number of nitrogens with two attached hydrogens (primary N) is 1. The summed E-state index contributed by atoms with van der Waals surface area (Å²) in [5, 5.41) is 0. The summed E-state index contributed by atoms with van der Waals surface area (Å²) in [5.41, 5.74) is 8.61. The maximum atomic E-state index is 12.0. The van der Waals surface area contributed by atoms with Gasteiger partial charge >= 0.3 is 6.09 Å². The zero-order chi connectivity index (χ0) is 15.9. The van der Waals surface area contributed by atoms with E-state index in [-0.39, 0.29) is 23.8 Å². The molecule has 3 rings (SSSR count). The molecule has 1 heterocycles. The number of hydrogen-bond donors (Lipinski definition) is 1. The summed E-state index contributed by atoms with van der Waals surface area (Å²) in [4.78, 5) is 18.2. The zero-order valence-corrected chi connectivity index (χ0v) is 13.1.